The van der Waals surface area contributed by atoms with E-state index < -0.39 is 6.04 Å². The highest BCUT2D eigenvalue weighted by molar-refractivity contribution is 7.98. The lowest BCUT2D eigenvalue weighted by Gasteiger charge is -2.15. The van der Waals surface area contributed by atoms with Gasteiger partial charge in [0.2, 0.25) is 5.91 Å². The van der Waals surface area contributed by atoms with Crippen LogP contribution in [0.15, 0.2) is 24.3 Å². The second kappa shape index (κ2) is 14.1. The first-order chi connectivity index (χ1) is 12.1. The van der Waals surface area contributed by atoms with Crippen molar-refractivity contribution in [1.82, 2.24) is 10.2 Å². The molecule has 0 spiro atoms. The second-order valence-electron chi connectivity index (χ2n) is 6.26. The molecule has 0 aliphatic carbocycles. The van der Waals surface area contributed by atoms with Crippen LogP contribution in [0.25, 0.3) is 0 Å². The van der Waals surface area contributed by atoms with Gasteiger partial charge in [-0.3, -0.25) is 9.59 Å². The molecular formula is C18H30Cl2N4O2S. The first-order valence-electron chi connectivity index (χ1n) is 8.76. The number of halogens is 2. The Kier molecular flexibility index (Phi) is 13.6. The van der Waals surface area contributed by atoms with Crippen LogP contribution in [0, 0.1) is 0 Å². The van der Waals surface area contributed by atoms with E-state index in [4.69, 9.17) is 5.73 Å². The molecule has 27 heavy (non-hydrogen) atoms. The Hall–Kier alpha value is -0.990. The molecule has 1 heterocycles. The number of anilines is 1. The molecule has 1 aromatic rings. The number of likely N-dealkylation sites (tertiary alicyclic amines) is 1. The highest BCUT2D eigenvalue weighted by Crippen LogP contribution is 2.11. The number of hydrogen-bond acceptors (Lipinski definition) is 5. The zero-order valence-corrected chi connectivity index (χ0v) is 18.1. The van der Waals surface area contributed by atoms with Gasteiger partial charge in [-0.2, -0.15) is 11.8 Å². The van der Waals surface area contributed by atoms with Gasteiger partial charge in [0.05, 0.1) is 6.04 Å². The van der Waals surface area contributed by atoms with E-state index in [2.05, 4.69) is 15.5 Å². The number of carbonyl (C=O) groups excluding carboxylic acids is 2. The van der Waals surface area contributed by atoms with Gasteiger partial charge >= 0.3 is 0 Å². The summed E-state index contributed by atoms with van der Waals surface area (Å²) in [5, 5.41) is 5.72. The normalized spacial score (nSPS) is 14.6. The zero-order chi connectivity index (χ0) is 18.1. The molecule has 1 fully saturated rings. The van der Waals surface area contributed by atoms with E-state index >= 15 is 0 Å². The predicted octanol–water partition coefficient (Wildman–Crippen LogP) is 2.37. The first-order valence-corrected chi connectivity index (χ1v) is 10.2. The molecule has 2 amide bonds. The summed E-state index contributed by atoms with van der Waals surface area (Å²) in [6, 6.07) is 6.38. The summed E-state index contributed by atoms with van der Waals surface area (Å²) in [4.78, 5) is 26.5. The maximum absolute atomic E-state index is 12.1. The van der Waals surface area contributed by atoms with Crippen molar-refractivity contribution in [3.8, 4) is 0 Å². The summed E-state index contributed by atoms with van der Waals surface area (Å²) in [7, 11) is 0. The van der Waals surface area contributed by atoms with Crippen molar-refractivity contribution in [3.63, 3.8) is 0 Å². The van der Waals surface area contributed by atoms with E-state index in [0.29, 0.717) is 24.2 Å². The van der Waals surface area contributed by atoms with Crippen LogP contribution in [0.2, 0.25) is 0 Å². The number of nitrogens with one attached hydrogen (secondary N) is 2. The summed E-state index contributed by atoms with van der Waals surface area (Å²) in [5.74, 6) is 0.566. The number of hydrogen-bond donors (Lipinski definition) is 3. The van der Waals surface area contributed by atoms with Gasteiger partial charge in [0.25, 0.3) is 5.91 Å². The highest BCUT2D eigenvalue weighted by atomic mass is 35.5. The van der Waals surface area contributed by atoms with E-state index in [0.717, 1.165) is 25.4 Å². The molecule has 1 aliphatic heterocycles. The van der Waals surface area contributed by atoms with Gasteiger partial charge in [-0.05, 0) is 68.6 Å². The molecule has 1 atom stereocenters. The highest BCUT2D eigenvalue weighted by Gasteiger charge is 2.14. The third-order valence-corrected chi connectivity index (χ3v) is 4.94. The van der Waals surface area contributed by atoms with E-state index in [1.54, 1.807) is 36.0 Å². The molecule has 0 saturated carbocycles. The maximum Gasteiger partial charge on any atom is 0.251 e. The van der Waals surface area contributed by atoms with Crippen LogP contribution in [-0.4, -0.2) is 60.9 Å². The number of carbonyl (C=O) groups is 2. The van der Waals surface area contributed by atoms with Crippen LogP contribution >= 0.6 is 36.6 Å². The van der Waals surface area contributed by atoms with Crippen molar-refractivity contribution in [1.29, 1.82) is 0 Å². The largest absolute Gasteiger partial charge is 0.351 e. The zero-order valence-electron chi connectivity index (χ0n) is 15.6. The lowest BCUT2D eigenvalue weighted by atomic mass is 10.1. The molecule has 0 bridgehead atoms. The number of nitrogens with two attached hydrogens (primary N) is 1. The van der Waals surface area contributed by atoms with Crippen molar-refractivity contribution in [2.45, 2.75) is 25.3 Å². The van der Waals surface area contributed by atoms with Gasteiger partial charge < -0.3 is 21.3 Å². The quantitative estimate of drug-likeness (QED) is 0.552. The van der Waals surface area contributed by atoms with Crippen LogP contribution in [0.1, 0.15) is 29.6 Å². The van der Waals surface area contributed by atoms with E-state index in [9.17, 15) is 9.59 Å². The van der Waals surface area contributed by atoms with Crippen molar-refractivity contribution in [2.24, 2.45) is 5.73 Å². The monoisotopic (exact) mass is 436 g/mol. The molecule has 1 aliphatic rings. The third-order valence-electron chi connectivity index (χ3n) is 4.30. The summed E-state index contributed by atoms with van der Waals surface area (Å²) >= 11 is 1.67. The van der Waals surface area contributed by atoms with Crippen LogP contribution in [0.3, 0.4) is 0 Å². The van der Waals surface area contributed by atoms with E-state index in [1.165, 1.54) is 12.8 Å². The van der Waals surface area contributed by atoms with Gasteiger partial charge in [-0.15, -0.1) is 24.8 Å². The molecule has 1 aromatic carbocycles. The smallest absolute Gasteiger partial charge is 0.251 e. The average molecular weight is 437 g/mol. The molecular weight excluding hydrogens is 407 g/mol. The number of thioether (sulfide) groups is 1. The molecule has 0 radical (unpaired) electrons. The van der Waals surface area contributed by atoms with Gasteiger partial charge in [0.15, 0.2) is 0 Å². The standard InChI is InChI=1S/C18H28N4O2S.2ClH/c1-25-13-8-16(19)18(24)21-15-6-4-14(5-7-15)17(23)20-9-12-22-10-2-3-11-22;;/h4-7,16H,2-3,8-13,19H2,1H3,(H,20,23)(H,21,24);2*1H/t16-;;/m0../s1. The number of rotatable bonds is 9. The maximum atomic E-state index is 12.1. The summed E-state index contributed by atoms with van der Waals surface area (Å²) in [6.07, 6.45) is 5.13. The Balaban J connectivity index is 0.00000338. The predicted molar refractivity (Wildman–Crippen MR) is 119 cm³/mol. The number of amides is 2. The first kappa shape index (κ1) is 26.0. The number of benzene rings is 1. The third kappa shape index (κ3) is 9.17. The Bertz CT molecular complexity index is 569. The molecule has 6 nitrogen and oxygen atoms in total. The van der Waals surface area contributed by atoms with Crippen LogP contribution in [0.4, 0.5) is 5.69 Å². The topological polar surface area (TPSA) is 87.5 Å². The minimum absolute atomic E-state index is 0. The molecule has 154 valence electrons. The van der Waals surface area contributed by atoms with Crippen LogP contribution < -0.4 is 16.4 Å². The van der Waals surface area contributed by atoms with Gasteiger partial charge in [-0.1, -0.05) is 0 Å². The van der Waals surface area contributed by atoms with Gasteiger partial charge in [-0.25, -0.2) is 0 Å². The fourth-order valence-corrected chi connectivity index (χ4v) is 3.24. The Morgan fingerprint density at radius 1 is 1.19 bits per heavy atom. The molecule has 2 rings (SSSR count). The Morgan fingerprint density at radius 3 is 2.41 bits per heavy atom. The van der Waals surface area contributed by atoms with Gasteiger partial charge in [0, 0.05) is 24.3 Å². The van der Waals surface area contributed by atoms with Crippen molar-refractivity contribution in [2.75, 3.05) is 43.5 Å². The minimum atomic E-state index is -0.513. The summed E-state index contributed by atoms with van der Waals surface area (Å²) in [5.41, 5.74) is 7.08. The summed E-state index contributed by atoms with van der Waals surface area (Å²) in [6.45, 7) is 3.81. The Morgan fingerprint density at radius 2 is 1.81 bits per heavy atom. The average Bonchev–Trinajstić information content (AvgIpc) is 3.13. The lowest BCUT2D eigenvalue weighted by molar-refractivity contribution is -0.117. The molecule has 1 saturated heterocycles. The minimum Gasteiger partial charge on any atom is -0.351 e. The second-order valence-corrected chi connectivity index (χ2v) is 7.24. The van der Waals surface area contributed by atoms with Crippen molar-refractivity contribution < 1.29 is 9.59 Å². The fourth-order valence-electron chi connectivity index (χ4n) is 2.75. The SMILES string of the molecule is CSCC[C@H](N)C(=O)Nc1ccc(C(=O)NCCN2CCCC2)cc1.Cl.Cl. The Labute approximate surface area is 178 Å². The molecule has 0 unspecified atom stereocenters. The lowest BCUT2D eigenvalue weighted by Crippen LogP contribution is -2.36. The molecule has 9 heteroatoms. The fraction of sp³-hybridized carbons (Fsp3) is 0.556. The van der Waals surface area contributed by atoms with Crippen molar-refractivity contribution in [3.05, 3.63) is 29.8 Å². The van der Waals surface area contributed by atoms with E-state index in [1.807, 2.05) is 6.26 Å². The van der Waals surface area contributed by atoms with E-state index in [-0.39, 0.29) is 36.6 Å². The van der Waals surface area contributed by atoms with Crippen LogP contribution in [-0.2, 0) is 4.79 Å². The number of nitrogens with zero attached hydrogens (tertiary/aromatic N) is 1. The molecule has 4 N–H and O–H groups in total. The van der Waals surface area contributed by atoms with Crippen LogP contribution in [0.5, 0.6) is 0 Å². The molecule has 0 aromatic heterocycles. The van der Waals surface area contributed by atoms with Crippen molar-refractivity contribution >= 4 is 54.1 Å². The summed E-state index contributed by atoms with van der Waals surface area (Å²) < 4.78 is 0. The van der Waals surface area contributed by atoms with Gasteiger partial charge in [0.1, 0.15) is 0 Å².